The van der Waals surface area contributed by atoms with Crippen LogP contribution in [0.1, 0.15) is 61.9 Å². The van der Waals surface area contributed by atoms with Crippen LogP contribution in [-0.2, 0) is 40.2 Å². The number of H-pyrrole nitrogens is 1. The molecule has 5 N–H and O–H groups in total. The molecule has 0 unspecified atom stereocenters. The van der Waals surface area contributed by atoms with Crippen LogP contribution in [0.15, 0.2) is 97.5 Å². The van der Waals surface area contributed by atoms with Crippen molar-refractivity contribution in [2.24, 2.45) is 5.92 Å². The molecular weight excluding hydrogens is 668 g/mol. The normalized spacial score (nSPS) is 17.9. The van der Waals surface area contributed by atoms with E-state index >= 15 is 0 Å². The summed E-state index contributed by atoms with van der Waals surface area (Å²) in [6.45, 7) is 5.06. The number of likely N-dealkylation sites (tertiary alicyclic amines) is 1. The van der Waals surface area contributed by atoms with Crippen LogP contribution in [0.3, 0.4) is 0 Å². The molecule has 11 nitrogen and oxygen atoms in total. The second-order valence-electron chi connectivity index (χ2n) is 14.0. The molecule has 1 aliphatic rings. The van der Waals surface area contributed by atoms with Gasteiger partial charge in [0.1, 0.15) is 17.3 Å². The molecular formula is C42H54N6O5. The summed E-state index contributed by atoms with van der Waals surface area (Å²) in [6.07, 6.45) is 5.45. The molecule has 1 aliphatic heterocycles. The highest BCUT2D eigenvalue weighted by molar-refractivity contribution is 5.97. The molecule has 5 rings (SSSR count). The number of ether oxygens (including phenoxy) is 1. The average molecular weight is 723 g/mol. The number of methoxy groups -OCH3 is 1. The molecule has 0 bridgehead atoms. The quantitative estimate of drug-likeness (QED) is 0.0911. The van der Waals surface area contributed by atoms with Gasteiger partial charge in [-0.05, 0) is 66.8 Å². The first-order valence-electron chi connectivity index (χ1n) is 18.7. The van der Waals surface area contributed by atoms with Crippen LogP contribution < -0.4 is 20.7 Å². The number of hydrogen-bond donors (Lipinski definition) is 5. The van der Waals surface area contributed by atoms with Crippen molar-refractivity contribution in [2.75, 3.05) is 20.2 Å². The molecule has 11 heteroatoms. The Morgan fingerprint density at radius 1 is 1.00 bits per heavy atom. The maximum absolute atomic E-state index is 14.6. The zero-order chi connectivity index (χ0) is 37.6. The monoisotopic (exact) mass is 722 g/mol. The molecule has 3 aromatic carbocycles. The molecule has 1 fully saturated rings. The van der Waals surface area contributed by atoms with Gasteiger partial charge in [-0.3, -0.25) is 14.4 Å². The summed E-state index contributed by atoms with van der Waals surface area (Å²) < 4.78 is 5.35. The first-order valence-corrected chi connectivity index (χ1v) is 18.7. The lowest BCUT2D eigenvalue weighted by Gasteiger charge is -2.36. The number of hydrogen-bond acceptors (Lipinski definition) is 7. The summed E-state index contributed by atoms with van der Waals surface area (Å²) in [6, 6.07) is 25.9. The van der Waals surface area contributed by atoms with E-state index in [1.54, 1.807) is 24.5 Å². The second kappa shape index (κ2) is 19.2. The SMILES string of the molecule is CC[C@H](C)[C@@]1(NC(=O)CCc2cnc[nH]2)CCN([C@@H](CCc2ccccc2)C(=O)N[C@@H](Cc2ccccc2)[C@H](O)CNCc2cccc(OC)c2)C1=O. The molecule has 0 aliphatic carbocycles. The van der Waals surface area contributed by atoms with Crippen molar-refractivity contribution >= 4 is 17.7 Å². The van der Waals surface area contributed by atoms with Crippen LogP contribution in [0.25, 0.3) is 0 Å². The fraction of sp³-hybridized carbons (Fsp3) is 0.429. The van der Waals surface area contributed by atoms with Gasteiger partial charge in [0.15, 0.2) is 0 Å². The van der Waals surface area contributed by atoms with E-state index in [1.165, 1.54) is 0 Å². The Labute approximate surface area is 312 Å². The van der Waals surface area contributed by atoms with Gasteiger partial charge in [0.25, 0.3) is 0 Å². The summed E-state index contributed by atoms with van der Waals surface area (Å²) in [5.74, 6) is -0.184. The summed E-state index contributed by atoms with van der Waals surface area (Å²) in [7, 11) is 1.63. The van der Waals surface area contributed by atoms with Crippen molar-refractivity contribution in [3.8, 4) is 5.75 Å². The second-order valence-corrected chi connectivity index (χ2v) is 14.0. The smallest absolute Gasteiger partial charge is 0.249 e. The minimum atomic E-state index is -1.13. The van der Waals surface area contributed by atoms with Gasteiger partial charge in [-0.15, -0.1) is 0 Å². The number of aliphatic hydroxyl groups is 1. The maximum Gasteiger partial charge on any atom is 0.249 e. The van der Waals surface area contributed by atoms with Crippen LogP contribution in [0.2, 0.25) is 0 Å². The van der Waals surface area contributed by atoms with Crippen molar-refractivity contribution in [2.45, 2.75) is 89.1 Å². The lowest BCUT2D eigenvalue weighted by atomic mass is 9.81. The Kier molecular flexibility index (Phi) is 14.2. The Morgan fingerprint density at radius 2 is 1.72 bits per heavy atom. The van der Waals surface area contributed by atoms with Crippen molar-refractivity contribution in [3.63, 3.8) is 0 Å². The van der Waals surface area contributed by atoms with E-state index < -0.39 is 23.7 Å². The van der Waals surface area contributed by atoms with Crippen molar-refractivity contribution < 1.29 is 24.2 Å². The van der Waals surface area contributed by atoms with Gasteiger partial charge in [0.05, 0.1) is 25.6 Å². The Balaban J connectivity index is 1.35. The number of carbonyl (C=O) groups excluding carboxylic acids is 3. The molecule has 1 saturated heterocycles. The summed E-state index contributed by atoms with van der Waals surface area (Å²) in [5, 5.41) is 21.2. The van der Waals surface area contributed by atoms with E-state index in [2.05, 4.69) is 25.9 Å². The highest BCUT2D eigenvalue weighted by atomic mass is 16.5. The first kappa shape index (κ1) is 39.2. The van der Waals surface area contributed by atoms with Crippen LogP contribution in [-0.4, -0.2) is 81.6 Å². The number of aryl methyl sites for hydroxylation is 2. The third-order valence-corrected chi connectivity index (χ3v) is 10.5. The van der Waals surface area contributed by atoms with E-state index in [-0.39, 0.29) is 36.6 Å². The number of benzene rings is 3. The molecule has 1 aromatic heterocycles. The summed E-state index contributed by atoms with van der Waals surface area (Å²) in [4.78, 5) is 51.2. The lowest BCUT2D eigenvalue weighted by Crippen LogP contribution is -2.61. The van der Waals surface area contributed by atoms with Gasteiger partial charge in [-0.2, -0.15) is 0 Å². The fourth-order valence-electron chi connectivity index (χ4n) is 7.18. The molecule has 3 amide bonds. The number of nitrogens with one attached hydrogen (secondary N) is 4. The van der Waals surface area contributed by atoms with Crippen LogP contribution in [0, 0.1) is 5.92 Å². The molecule has 53 heavy (non-hydrogen) atoms. The Bertz CT molecular complexity index is 1740. The van der Waals surface area contributed by atoms with Gasteiger partial charge in [-0.1, -0.05) is 93.1 Å². The third kappa shape index (κ3) is 10.5. The van der Waals surface area contributed by atoms with Crippen molar-refractivity contribution in [3.05, 3.63) is 120 Å². The van der Waals surface area contributed by atoms with E-state index in [0.717, 1.165) is 28.1 Å². The predicted molar refractivity (Wildman–Crippen MR) is 205 cm³/mol. The number of nitrogens with zero attached hydrogens (tertiary/aromatic N) is 2. The fourth-order valence-corrected chi connectivity index (χ4v) is 7.18. The average Bonchev–Trinajstić information content (AvgIpc) is 3.82. The lowest BCUT2D eigenvalue weighted by molar-refractivity contribution is -0.144. The highest BCUT2D eigenvalue weighted by Gasteiger charge is 2.53. The molecule has 5 atom stereocenters. The molecule has 0 radical (unpaired) electrons. The molecule has 4 aromatic rings. The Morgan fingerprint density at radius 3 is 2.40 bits per heavy atom. The number of aromatic amines is 1. The van der Waals surface area contributed by atoms with Crippen LogP contribution in [0.4, 0.5) is 0 Å². The number of aromatic nitrogens is 2. The van der Waals surface area contributed by atoms with Gasteiger partial charge >= 0.3 is 0 Å². The topological polar surface area (TPSA) is 149 Å². The summed E-state index contributed by atoms with van der Waals surface area (Å²) in [5.41, 5.74) is 2.75. The predicted octanol–water partition coefficient (Wildman–Crippen LogP) is 4.36. The van der Waals surface area contributed by atoms with E-state index in [1.807, 2.05) is 98.8 Å². The minimum Gasteiger partial charge on any atom is -0.497 e. The number of rotatable bonds is 20. The standard InChI is InChI=1S/C42H54N6O5/c1-4-30(2)42(47-39(50)21-19-34-27-44-29-45-34)22-23-48(41(42)52)37(20-18-31-12-7-5-8-13-31)40(51)46-36(25-32-14-9-6-10-15-32)38(49)28-43-26-33-16-11-17-35(24-33)53-3/h5-17,24,27,29-30,36-38,43,49H,4,18-23,25-26,28H2,1-3H3,(H,44,45)(H,46,51)(H,47,50)/t30-,36-,37-,38+,42-/m0/s1. The molecule has 2 heterocycles. The van der Waals surface area contributed by atoms with Gasteiger partial charge in [0.2, 0.25) is 17.7 Å². The third-order valence-electron chi connectivity index (χ3n) is 10.5. The first-order chi connectivity index (χ1) is 25.7. The highest BCUT2D eigenvalue weighted by Crippen LogP contribution is 2.35. The molecule has 0 spiro atoms. The van der Waals surface area contributed by atoms with E-state index in [0.29, 0.717) is 51.6 Å². The zero-order valence-electron chi connectivity index (χ0n) is 31.1. The molecule has 282 valence electrons. The number of aliphatic hydroxyl groups excluding tert-OH is 1. The maximum atomic E-state index is 14.6. The van der Waals surface area contributed by atoms with Gasteiger partial charge in [0, 0.05) is 37.9 Å². The number of imidazole rings is 1. The van der Waals surface area contributed by atoms with E-state index in [9.17, 15) is 19.5 Å². The van der Waals surface area contributed by atoms with E-state index in [4.69, 9.17) is 4.74 Å². The Hall–Kier alpha value is -5.00. The van der Waals surface area contributed by atoms with Crippen LogP contribution >= 0.6 is 0 Å². The van der Waals surface area contributed by atoms with Gasteiger partial charge < -0.3 is 35.7 Å². The number of amides is 3. The largest absolute Gasteiger partial charge is 0.497 e. The molecule has 0 saturated carbocycles. The van der Waals surface area contributed by atoms with Crippen molar-refractivity contribution in [1.82, 2.24) is 30.8 Å². The zero-order valence-corrected chi connectivity index (χ0v) is 31.1. The van der Waals surface area contributed by atoms with Crippen LogP contribution in [0.5, 0.6) is 5.75 Å². The van der Waals surface area contributed by atoms with Gasteiger partial charge in [-0.25, -0.2) is 4.98 Å². The summed E-state index contributed by atoms with van der Waals surface area (Å²) >= 11 is 0. The number of carbonyl (C=O) groups is 3. The van der Waals surface area contributed by atoms with Crippen molar-refractivity contribution in [1.29, 1.82) is 0 Å². The minimum absolute atomic E-state index is 0.155.